The molecule has 0 saturated carbocycles. The van der Waals surface area contributed by atoms with Gasteiger partial charge in [-0.2, -0.15) is 13.2 Å². The molecule has 2 N–H and O–H groups in total. The monoisotopic (exact) mass is 531 g/mol. The lowest BCUT2D eigenvalue weighted by Gasteiger charge is -2.46. The van der Waals surface area contributed by atoms with E-state index in [4.69, 9.17) is 0 Å². The number of aliphatic hydroxyl groups excluding tert-OH is 1. The number of alkyl halides is 3. The number of nitrogens with zero attached hydrogens (tertiary/aromatic N) is 2. The standard InChI is InChI=1S/C27H22F5N3O3/c1-26(2)23(36)21(25(38)35(34(26)3)14-16-9-6-10-19(28)22(16)29)24(37)33-20-12-11-17(27(30,31)32)13-18(20)15-7-4-5-8-15/h4,6-13,36H,14H2,1-3H3,(H,33,37). The van der Waals surface area contributed by atoms with E-state index in [1.807, 2.05) is 0 Å². The first kappa shape index (κ1) is 26.8. The molecule has 1 aliphatic carbocycles. The van der Waals surface area contributed by atoms with Gasteiger partial charge in [-0.05, 0) is 61.9 Å². The van der Waals surface area contributed by atoms with Crippen LogP contribution in [0.25, 0.3) is 5.57 Å². The molecule has 0 radical (unpaired) electrons. The molecular formula is C27H22F5N3O3. The number of carbonyl (C=O) groups excluding carboxylic acids is 2. The number of carbonyl (C=O) groups is 2. The summed E-state index contributed by atoms with van der Waals surface area (Å²) < 4.78 is 68.2. The highest BCUT2D eigenvalue weighted by atomic mass is 19.4. The molecule has 0 fully saturated rings. The molecule has 0 atom stereocenters. The van der Waals surface area contributed by atoms with Crippen molar-refractivity contribution in [3.8, 4) is 0 Å². The van der Waals surface area contributed by atoms with Gasteiger partial charge < -0.3 is 10.4 Å². The van der Waals surface area contributed by atoms with Crippen LogP contribution in [0.1, 0.15) is 30.5 Å². The quantitative estimate of drug-likeness (QED) is 0.303. The van der Waals surface area contributed by atoms with Crippen LogP contribution in [0.2, 0.25) is 0 Å². The Kier molecular flexibility index (Phi) is 6.77. The normalized spacial score (nSPS) is 17.3. The van der Waals surface area contributed by atoms with Crippen LogP contribution >= 0.6 is 0 Å². The molecule has 1 heterocycles. The van der Waals surface area contributed by atoms with Crippen molar-refractivity contribution in [2.75, 3.05) is 12.4 Å². The third-order valence-electron chi connectivity index (χ3n) is 6.52. The number of hydrogen-bond acceptors (Lipinski definition) is 4. The third-order valence-corrected chi connectivity index (χ3v) is 6.52. The Bertz CT molecular complexity index is 1470. The van der Waals surface area contributed by atoms with Crippen molar-refractivity contribution in [2.45, 2.75) is 32.1 Å². The Labute approximate surface area is 214 Å². The van der Waals surface area contributed by atoms with E-state index in [9.17, 15) is 36.6 Å². The molecule has 198 valence electrons. The van der Waals surface area contributed by atoms with Crippen LogP contribution in [0.3, 0.4) is 0 Å². The fraction of sp³-hybridized carbons (Fsp3) is 0.222. The molecule has 1 aliphatic heterocycles. The van der Waals surface area contributed by atoms with Gasteiger partial charge in [0.05, 0.1) is 17.6 Å². The SMILES string of the molecule is CN1N(Cc2cccc(F)c2F)C(=O)C(C(=O)Nc2ccc(C(F)(F)F)cc2C2=CC=C=C2)=C(O)C1(C)C. The number of benzene rings is 2. The lowest BCUT2D eigenvalue weighted by atomic mass is 9.93. The van der Waals surface area contributed by atoms with Crippen molar-refractivity contribution < 1.29 is 36.6 Å². The summed E-state index contributed by atoms with van der Waals surface area (Å²) in [6, 6.07) is 6.13. The molecule has 11 heteroatoms. The highest BCUT2D eigenvalue weighted by molar-refractivity contribution is 6.24. The Morgan fingerprint density at radius 3 is 2.50 bits per heavy atom. The largest absolute Gasteiger partial charge is 0.509 e. The number of hydrogen-bond donors (Lipinski definition) is 2. The third kappa shape index (κ3) is 4.73. The number of anilines is 1. The van der Waals surface area contributed by atoms with Gasteiger partial charge in [-0.3, -0.25) is 14.6 Å². The van der Waals surface area contributed by atoms with E-state index in [1.54, 1.807) is 0 Å². The van der Waals surface area contributed by atoms with Crippen LogP contribution in [-0.4, -0.2) is 39.5 Å². The maximum Gasteiger partial charge on any atom is 0.416 e. The summed E-state index contributed by atoms with van der Waals surface area (Å²) in [5.74, 6) is -4.99. The highest BCUT2D eigenvalue weighted by Gasteiger charge is 2.46. The smallest absolute Gasteiger partial charge is 0.416 e. The lowest BCUT2D eigenvalue weighted by Crippen LogP contribution is -2.60. The Hall–Kier alpha value is -4.21. The van der Waals surface area contributed by atoms with E-state index in [0.717, 1.165) is 29.3 Å². The van der Waals surface area contributed by atoms with Gasteiger partial charge in [0.15, 0.2) is 11.6 Å². The number of halogens is 5. The van der Waals surface area contributed by atoms with Crippen molar-refractivity contribution in [1.29, 1.82) is 0 Å². The minimum Gasteiger partial charge on any atom is -0.509 e. The minimum atomic E-state index is -4.64. The van der Waals surface area contributed by atoms with Gasteiger partial charge in [0.1, 0.15) is 11.3 Å². The lowest BCUT2D eigenvalue weighted by molar-refractivity contribution is -0.160. The van der Waals surface area contributed by atoms with Gasteiger partial charge in [-0.25, -0.2) is 13.8 Å². The second-order valence-corrected chi connectivity index (χ2v) is 9.19. The minimum absolute atomic E-state index is 0.0211. The molecule has 0 spiro atoms. The van der Waals surface area contributed by atoms with Gasteiger partial charge in [-0.1, -0.05) is 12.1 Å². The van der Waals surface area contributed by atoms with Crippen LogP contribution in [0.15, 0.2) is 71.7 Å². The molecule has 6 nitrogen and oxygen atoms in total. The van der Waals surface area contributed by atoms with Crippen molar-refractivity contribution in [1.82, 2.24) is 10.0 Å². The van der Waals surface area contributed by atoms with Crippen LogP contribution < -0.4 is 5.32 Å². The maximum absolute atomic E-state index is 14.4. The summed E-state index contributed by atoms with van der Waals surface area (Å²) >= 11 is 0. The summed E-state index contributed by atoms with van der Waals surface area (Å²) in [6.45, 7) is 2.54. The summed E-state index contributed by atoms with van der Waals surface area (Å²) in [5.41, 5.74) is -0.105. The van der Waals surface area contributed by atoms with Gasteiger partial charge >= 0.3 is 6.18 Å². The molecule has 0 saturated heterocycles. The first-order valence-electron chi connectivity index (χ1n) is 11.3. The van der Waals surface area contributed by atoms with Gasteiger partial charge in [0, 0.05) is 23.9 Å². The molecule has 0 bridgehead atoms. The van der Waals surface area contributed by atoms with E-state index in [-0.39, 0.29) is 16.8 Å². The van der Waals surface area contributed by atoms with Gasteiger partial charge in [0.25, 0.3) is 11.8 Å². The fourth-order valence-electron chi connectivity index (χ4n) is 4.09. The zero-order chi connectivity index (χ0) is 28.0. The first-order chi connectivity index (χ1) is 17.7. The number of allylic oxidation sites excluding steroid dienone is 3. The number of likely N-dealkylation sites (N-methyl/N-ethyl adjacent to an activating group) is 1. The van der Waals surface area contributed by atoms with E-state index >= 15 is 0 Å². The average molecular weight is 531 g/mol. The molecule has 38 heavy (non-hydrogen) atoms. The van der Waals surface area contributed by atoms with Gasteiger partial charge in [-0.15, -0.1) is 5.73 Å². The van der Waals surface area contributed by atoms with E-state index in [2.05, 4.69) is 11.0 Å². The molecule has 2 amide bonds. The molecule has 2 aliphatic rings. The Morgan fingerprint density at radius 2 is 1.87 bits per heavy atom. The number of nitrogens with one attached hydrogen (secondary N) is 1. The maximum atomic E-state index is 14.4. The van der Waals surface area contributed by atoms with E-state index < -0.39 is 58.6 Å². The van der Waals surface area contributed by atoms with Crippen LogP contribution in [-0.2, 0) is 22.3 Å². The number of rotatable bonds is 5. The van der Waals surface area contributed by atoms with E-state index in [1.165, 1.54) is 56.3 Å². The predicted molar refractivity (Wildman–Crippen MR) is 129 cm³/mol. The van der Waals surface area contributed by atoms with Crippen molar-refractivity contribution >= 4 is 23.1 Å². The molecule has 2 aromatic rings. The summed E-state index contributed by atoms with van der Waals surface area (Å²) in [4.78, 5) is 26.7. The number of amides is 2. The summed E-state index contributed by atoms with van der Waals surface area (Å²) in [6.07, 6.45) is -0.223. The van der Waals surface area contributed by atoms with Crippen LogP contribution in [0.4, 0.5) is 27.6 Å². The zero-order valence-electron chi connectivity index (χ0n) is 20.5. The van der Waals surface area contributed by atoms with E-state index in [0.29, 0.717) is 5.57 Å². The number of hydrazine groups is 1. The van der Waals surface area contributed by atoms with Crippen molar-refractivity contribution in [3.05, 3.63) is 100 Å². The zero-order valence-corrected chi connectivity index (χ0v) is 20.5. The molecular weight excluding hydrogens is 509 g/mol. The first-order valence-corrected chi connectivity index (χ1v) is 11.3. The summed E-state index contributed by atoms with van der Waals surface area (Å²) in [5, 5.41) is 15.6. The predicted octanol–water partition coefficient (Wildman–Crippen LogP) is 5.51. The molecule has 2 aromatic carbocycles. The van der Waals surface area contributed by atoms with Crippen molar-refractivity contribution in [2.24, 2.45) is 0 Å². The van der Waals surface area contributed by atoms with Gasteiger partial charge in [0.2, 0.25) is 0 Å². The van der Waals surface area contributed by atoms with Crippen LogP contribution in [0, 0.1) is 11.6 Å². The second-order valence-electron chi connectivity index (χ2n) is 9.19. The molecule has 4 rings (SSSR count). The highest BCUT2D eigenvalue weighted by Crippen LogP contribution is 2.37. The second kappa shape index (κ2) is 9.59. The molecule has 0 unspecified atom stereocenters. The van der Waals surface area contributed by atoms with Crippen molar-refractivity contribution in [3.63, 3.8) is 0 Å². The Balaban J connectivity index is 1.72. The fourth-order valence-corrected chi connectivity index (χ4v) is 4.09. The summed E-state index contributed by atoms with van der Waals surface area (Å²) in [7, 11) is 1.43. The van der Waals surface area contributed by atoms with Crippen LogP contribution in [0.5, 0.6) is 0 Å². The Morgan fingerprint density at radius 1 is 1.16 bits per heavy atom. The average Bonchev–Trinajstić information content (AvgIpc) is 3.38. The topological polar surface area (TPSA) is 72.9 Å². The number of aliphatic hydroxyl groups is 1. The molecule has 0 aromatic heterocycles.